The van der Waals surface area contributed by atoms with Crippen LogP contribution >= 0.6 is 0 Å². The van der Waals surface area contributed by atoms with Gasteiger partial charge in [-0.25, -0.2) is 0 Å². The Morgan fingerprint density at radius 1 is 1.19 bits per heavy atom. The number of hydrogen-bond donors (Lipinski definition) is 2. The molecule has 0 bridgehead atoms. The molecule has 2 rings (SSSR count). The Morgan fingerprint density at radius 3 is 2.56 bits per heavy atom. The molecule has 0 aromatic carbocycles. The Hall–Kier alpha value is -0.570. The maximum absolute atomic E-state index is 12.0. The number of carbonyl (C=O) groups is 1. The summed E-state index contributed by atoms with van der Waals surface area (Å²) < 4.78 is 0. The zero-order valence-electron chi connectivity index (χ0n) is 10.3. The topological polar surface area (TPSA) is 41.1 Å². The highest BCUT2D eigenvalue weighted by molar-refractivity contribution is 5.79. The van der Waals surface area contributed by atoms with Crippen molar-refractivity contribution in [2.45, 2.75) is 51.5 Å². The lowest BCUT2D eigenvalue weighted by Crippen LogP contribution is -2.45. The summed E-state index contributed by atoms with van der Waals surface area (Å²) in [7, 11) is 0. The highest BCUT2D eigenvalue weighted by atomic mass is 16.2. The average Bonchev–Trinajstić information content (AvgIpc) is 2.33. The molecule has 0 aromatic heterocycles. The number of nitrogens with one attached hydrogen (secondary N) is 2. The van der Waals surface area contributed by atoms with Crippen molar-refractivity contribution in [3.8, 4) is 0 Å². The highest BCUT2D eigenvalue weighted by Crippen LogP contribution is 2.23. The first-order chi connectivity index (χ1) is 7.75. The Bertz CT molecular complexity index is 228. The van der Waals surface area contributed by atoms with Gasteiger partial charge < -0.3 is 10.6 Å². The third-order valence-corrected chi connectivity index (χ3v) is 4.03. The van der Waals surface area contributed by atoms with E-state index in [0.29, 0.717) is 6.04 Å². The quantitative estimate of drug-likeness (QED) is 0.749. The number of rotatable bonds is 2. The third kappa shape index (κ3) is 3.21. The average molecular weight is 224 g/mol. The van der Waals surface area contributed by atoms with Crippen molar-refractivity contribution in [3.05, 3.63) is 0 Å². The smallest absolute Gasteiger partial charge is 0.224 e. The van der Waals surface area contributed by atoms with Gasteiger partial charge in [0.25, 0.3) is 0 Å². The van der Waals surface area contributed by atoms with Gasteiger partial charge in [0.05, 0.1) is 5.92 Å². The zero-order valence-corrected chi connectivity index (χ0v) is 10.3. The summed E-state index contributed by atoms with van der Waals surface area (Å²) in [6, 6.07) is 0.450. The molecule has 2 aliphatic rings. The molecule has 1 atom stereocenters. The molecule has 2 fully saturated rings. The van der Waals surface area contributed by atoms with Gasteiger partial charge in [-0.1, -0.05) is 6.92 Å². The van der Waals surface area contributed by atoms with E-state index in [1.807, 2.05) is 0 Å². The number of carbonyl (C=O) groups excluding carboxylic acids is 1. The van der Waals surface area contributed by atoms with Crippen LogP contribution in [-0.4, -0.2) is 25.0 Å². The fourth-order valence-electron chi connectivity index (χ4n) is 2.80. The minimum absolute atomic E-state index is 0.216. The van der Waals surface area contributed by atoms with Gasteiger partial charge >= 0.3 is 0 Å². The van der Waals surface area contributed by atoms with Gasteiger partial charge in [0.2, 0.25) is 5.91 Å². The van der Waals surface area contributed by atoms with Crippen LogP contribution in [0.15, 0.2) is 0 Å². The van der Waals surface area contributed by atoms with E-state index in [1.165, 1.54) is 25.7 Å². The number of amides is 1. The Morgan fingerprint density at radius 2 is 1.94 bits per heavy atom. The standard InChI is InChI=1S/C13H24N2O/c1-10-4-6-12(7-5-10)15-13(16)11-3-2-8-14-9-11/h10-12,14H,2-9H2,1H3,(H,15,16)/t10?,11-,12?/m0/s1. The molecule has 0 radical (unpaired) electrons. The Balaban J connectivity index is 1.73. The predicted molar refractivity (Wildman–Crippen MR) is 65.2 cm³/mol. The monoisotopic (exact) mass is 224 g/mol. The molecule has 16 heavy (non-hydrogen) atoms. The summed E-state index contributed by atoms with van der Waals surface area (Å²) >= 11 is 0. The SMILES string of the molecule is CC1CCC(NC(=O)[C@H]2CCCNC2)CC1. The number of hydrogen-bond acceptors (Lipinski definition) is 2. The normalized spacial score (nSPS) is 35.7. The van der Waals surface area contributed by atoms with Crippen LogP contribution in [0.5, 0.6) is 0 Å². The van der Waals surface area contributed by atoms with Crippen molar-refractivity contribution in [3.63, 3.8) is 0 Å². The molecule has 1 aliphatic carbocycles. The highest BCUT2D eigenvalue weighted by Gasteiger charge is 2.25. The van der Waals surface area contributed by atoms with E-state index in [9.17, 15) is 4.79 Å². The lowest BCUT2D eigenvalue weighted by Gasteiger charge is -2.29. The van der Waals surface area contributed by atoms with Crippen LogP contribution in [-0.2, 0) is 4.79 Å². The molecule has 1 aliphatic heterocycles. The van der Waals surface area contributed by atoms with E-state index in [1.54, 1.807) is 0 Å². The minimum Gasteiger partial charge on any atom is -0.353 e. The molecular formula is C13H24N2O. The van der Waals surface area contributed by atoms with Crippen molar-refractivity contribution in [2.24, 2.45) is 11.8 Å². The summed E-state index contributed by atoms with van der Waals surface area (Å²) in [6.07, 6.45) is 7.09. The van der Waals surface area contributed by atoms with Gasteiger partial charge in [-0.2, -0.15) is 0 Å². The largest absolute Gasteiger partial charge is 0.353 e. The fourth-order valence-corrected chi connectivity index (χ4v) is 2.80. The molecule has 0 aromatic rings. The zero-order chi connectivity index (χ0) is 11.4. The van der Waals surface area contributed by atoms with Gasteiger partial charge in [0.15, 0.2) is 0 Å². The van der Waals surface area contributed by atoms with E-state index in [-0.39, 0.29) is 11.8 Å². The molecule has 3 nitrogen and oxygen atoms in total. The fraction of sp³-hybridized carbons (Fsp3) is 0.923. The van der Waals surface area contributed by atoms with Crippen LogP contribution in [0.4, 0.5) is 0 Å². The van der Waals surface area contributed by atoms with Crippen molar-refractivity contribution in [2.75, 3.05) is 13.1 Å². The molecule has 3 heteroatoms. The molecular weight excluding hydrogens is 200 g/mol. The van der Waals surface area contributed by atoms with Gasteiger partial charge in [0, 0.05) is 12.6 Å². The van der Waals surface area contributed by atoms with E-state index >= 15 is 0 Å². The molecule has 2 N–H and O–H groups in total. The van der Waals surface area contributed by atoms with Crippen molar-refractivity contribution >= 4 is 5.91 Å². The van der Waals surface area contributed by atoms with Crippen LogP contribution in [0.1, 0.15) is 45.4 Å². The van der Waals surface area contributed by atoms with Crippen LogP contribution in [0.25, 0.3) is 0 Å². The van der Waals surface area contributed by atoms with Crippen LogP contribution in [0.3, 0.4) is 0 Å². The second-order valence-corrected chi connectivity index (χ2v) is 5.51. The lowest BCUT2D eigenvalue weighted by atomic mass is 9.87. The van der Waals surface area contributed by atoms with Crippen LogP contribution < -0.4 is 10.6 Å². The van der Waals surface area contributed by atoms with Gasteiger partial charge in [-0.05, 0) is 51.0 Å². The summed E-state index contributed by atoms with van der Waals surface area (Å²) in [5, 5.41) is 6.53. The molecule has 1 saturated carbocycles. The number of piperidine rings is 1. The van der Waals surface area contributed by atoms with E-state index in [4.69, 9.17) is 0 Å². The maximum atomic E-state index is 12.0. The third-order valence-electron chi connectivity index (χ3n) is 4.03. The van der Waals surface area contributed by atoms with Crippen molar-refractivity contribution in [1.29, 1.82) is 0 Å². The molecule has 92 valence electrons. The second-order valence-electron chi connectivity index (χ2n) is 5.51. The summed E-state index contributed by atoms with van der Waals surface area (Å²) in [5.74, 6) is 1.35. The first-order valence-corrected chi connectivity index (χ1v) is 6.77. The second kappa shape index (κ2) is 5.67. The van der Waals surface area contributed by atoms with E-state index in [2.05, 4.69) is 17.6 Å². The minimum atomic E-state index is 0.216. The van der Waals surface area contributed by atoms with Gasteiger partial charge in [-0.3, -0.25) is 4.79 Å². The van der Waals surface area contributed by atoms with E-state index in [0.717, 1.165) is 31.8 Å². The summed E-state index contributed by atoms with van der Waals surface area (Å²) in [6.45, 7) is 4.25. The molecule has 1 amide bonds. The van der Waals surface area contributed by atoms with Gasteiger partial charge in [-0.15, -0.1) is 0 Å². The van der Waals surface area contributed by atoms with Crippen LogP contribution in [0, 0.1) is 11.8 Å². The van der Waals surface area contributed by atoms with Crippen molar-refractivity contribution in [1.82, 2.24) is 10.6 Å². The van der Waals surface area contributed by atoms with Crippen molar-refractivity contribution < 1.29 is 4.79 Å². The van der Waals surface area contributed by atoms with E-state index < -0.39 is 0 Å². The van der Waals surface area contributed by atoms with Gasteiger partial charge in [0.1, 0.15) is 0 Å². The summed E-state index contributed by atoms with van der Waals surface area (Å²) in [5.41, 5.74) is 0. The molecule has 1 heterocycles. The predicted octanol–water partition coefficient (Wildman–Crippen LogP) is 1.68. The first-order valence-electron chi connectivity index (χ1n) is 6.77. The Kier molecular flexibility index (Phi) is 4.22. The summed E-state index contributed by atoms with van der Waals surface area (Å²) in [4.78, 5) is 12.0. The molecule has 1 saturated heterocycles. The molecule has 0 spiro atoms. The maximum Gasteiger partial charge on any atom is 0.224 e. The first kappa shape index (κ1) is 11.9. The molecule has 0 unspecified atom stereocenters. The Labute approximate surface area is 98.4 Å². The van der Waals surface area contributed by atoms with Crippen LogP contribution in [0.2, 0.25) is 0 Å². The lowest BCUT2D eigenvalue weighted by molar-refractivity contribution is -0.126.